The first-order valence-corrected chi connectivity index (χ1v) is 6.27. The Hall–Kier alpha value is -2.00. The van der Waals surface area contributed by atoms with Crippen LogP contribution in [0.25, 0.3) is 0 Å². The number of rotatable bonds is 4. The van der Waals surface area contributed by atoms with E-state index in [4.69, 9.17) is 10.00 Å². The summed E-state index contributed by atoms with van der Waals surface area (Å²) in [7, 11) is 3.47. The minimum absolute atomic E-state index is 0.546. The van der Waals surface area contributed by atoms with Crippen LogP contribution in [0.2, 0.25) is 0 Å². The molecule has 0 saturated heterocycles. The number of aryl methyl sites for hydroxylation is 1. The molecule has 2 rings (SSSR count). The molecule has 0 bridgehead atoms. The van der Waals surface area contributed by atoms with Crippen molar-refractivity contribution in [3.8, 4) is 11.8 Å². The third kappa shape index (κ3) is 2.63. The van der Waals surface area contributed by atoms with E-state index >= 15 is 0 Å². The third-order valence-electron chi connectivity index (χ3n) is 2.42. The fraction of sp³-hybridized carbons (Fsp3) is 0.250. The highest BCUT2D eigenvalue weighted by Gasteiger charge is 2.06. The number of nitrogens with zero attached hydrogens (tertiary/aromatic N) is 4. The van der Waals surface area contributed by atoms with Crippen LogP contribution in [-0.2, 0) is 12.8 Å². The summed E-state index contributed by atoms with van der Waals surface area (Å²) in [6.45, 7) is 0. The summed E-state index contributed by atoms with van der Waals surface area (Å²) < 4.78 is 7.04. The molecule has 1 heterocycles. The number of aromatic nitrogens is 3. The Morgan fingerprint density at radius 2 is 2.33 bits per heavy atom. The van der Waals surface area contributed by atoms with Gasteiger partial charge in [-0.3, -0.25) is 0 Å². The molecule has 0 spiro atoms. The van der Waals surface area contributed by atoms with Crippen LogP contribution in [0.1, 0.15) is 11.1 Å². The summed E-state index contributed by atoms with van der Waals surface area (Å²) >= 11 is 1.59. The molecule has 0 N–H and O–H groups in total. The standard InChI is InChI=1S/C12H12N4OS/c1-16-8-14-15-12(16)18-7-9-3-4-10(6-13)11(5-9)17-2/h3-5,8H,7H2,1-2H3. The molecule has 18 heavy (non-hydrogen) atoms. The topological polar surface area (TPSA) is 63.7 Å². The van der Waals surface area contributed by atoms with E-state index in [0.717, 1.165) is 16.5 Å². The van der Waals surface area contributed by atoms with E-state index in [0.29, 0.717) is 11.3 Å². The van der Waals surface area contributed by atoms with E-state index in [1.165, 1.54) is 0 Å². The Morgan fingerprint density at radius 1 is 1.50 bits per heavy atom. The van der Waals surface area contributed by atoms with E-state index in [1.807, 2.05) is 23.7 Å². The van der Waals surface area contributed by atoms with Crippen LogP contribution in [-0.4, -0.2) is 21.9 Å². The Balaban J connectivity index is 2.11. The number of benzene rings is 1. The fourth-order valence-electron chi connectivity index (χ4n) is 1.47. The zero-order valence-electron chi connectivity index (χ0n) is 10.1. The van der Waals surface area contributed by atoms with E-state index in [2.05, 4.69) is 16.3 Å². The summed E-state index contributed by atoms with van der Waals surface area (Å²) in [5.41, 5.74) is 1.63. The van der Waals surface area contributed by atoms with Crippen molar-refractivity contribution in [2.75, 3.05) is 7.11 Å². The normalized spacial score (nSPS) is 10.1. The lowest BCUT2D eigenvalue weighted by atomic mass is 10.1. The second-order valence-electron chi connectivity index (χ2n) is 3.66. The lowest BCUT2D eigenvalue weighted by Gasteiger charge is -2.06. The molecule has 0 aliphatic rings. The number of hydrogen-bond acceptors (Lipinski definition) is 5. The summed E-state index contributed by atoms with van der Waals surface area (Å²) in [4.78, 5) is 0. The first kappa shape index (κ1) is 12.5. The molecule has 0 saturated carbocycles. The molecule has 1 aromatic heterocycles. The van der Waals surface area contributed by atoms with E-state index in [-0.39, 0.29) is 0 Å². The summed E-state index contributed by atoms with van der Waals surface area (Å²) in [6.07, 6.45) is 1.67. The monoisotopic (exact) mass is 260 g/mol. The van der Waals surface area contributed by atoms with Gasteiger partial charge in [-0.25, -0.2) is 0 Å². The lowest BCUT2D eigenvalue weighted by Crippen LogP contribution is -1.92. The second-order valence-corrected chi connectivity index (χ2v) is 4.60. The molecule has 0 fully saturated rings. The van der Waals surface area contributed by atoms with Crippen molar-refractivity contribution in [2.24, 2.45) is 7.05 Å². The first-order chi connectivity index (χ1) is 8.74. The SMILES string of the molecule is COc1cc(CSc2nncn2C)ccc1C#N. The summed E-state index contributed by atoms with van der Waals surface area (Å²) in [5, 5.41) is 17.6. The molecule has 0 aliphatic heterocycles. The molecule has 92 valence electrons. The number of hydrogen-bond donors (Lipinski definition) is 0. The summed E-state index contributed by atoms with van der Waals surface area (Å²) in [6, 6.07) is 7.66. The first-order valence-electron chi connectivity index (χ1n) is 5.28. The Kier molecular flexibility index (Phi) is 3.85. The van der Waals surface area contributed by atoms with Crippen molar-refractivity contribution in [1.29, 1.82) is 5.26 Å². The van der Waals surface area contributed by atoms with Crippen molar-refractivity contribution in [2.45, 2.75) is 10.9 Å². The predicted octanol–water partition coefficient (Wildman–Crippen LogP) is 1.99. The molecular weight excluding hydrogens is 248 g/mol. The summed E-state index contributed by atoms with van der Waals surface area (Å²) in [5.74, 6) is 1.36. The molecule has 5 nitrogen and oxygen atoms in total. The largest absolute Gasteiger partial charge is 0.495 e. The smallest absolute Gasteiger partial charge is 0.191 e. The van der Waals surface area contributed by atoms with Crippen LogP contribution in [0.3, 0.4) is 0 Å². The zero-order valence-corrected chi connectivity index (χ0v) is 10.9. The Morgan fingerprint density at radius 3 is 2.94 bits per heavy atom. The van der Waals surface area contributed by atoms with Gasteiger partial charge in [0.1, 0.15) is 18.1 Å². The molecule has 0 atom stereocenters. The van der Waals surface area contributed by atoms with Crippen LogP contribution < -0.4 is 4.74 Å². The average Bonchev–Trinajstić information content (AvgIpc) is 2.81. The molecule has 2 aromatic rings. The lowest BCUT2D eigenvalue weighted by molar-refractivity contribution is 0.413. The predicted molar refractivity (Wildman–Crippen MR) is 68.3 cm³/mol. The van der Waals surface area contributed by atoms with E-state index in [9.17, 15) is 0 Å². The third-order valence-corrected chi connectivity index (χ3v) is 3.53. The van der Waals surface area contributed by atoms with Crippen LogP contribution in [0.5, 0.6) is 5.75 Å². The highest BCUT2D eigenvalue weighted by Crippen LogP contribution is 2.24. The molecule has 0 radical (unpaired) electrons. The van der Waals surface area contributed by atoms with Gasteiger partial charge >= 0.3 is 0 Å². The fourth-order valence-corrected chi connectivity index (χ4v) is 2.30. The maximum atomic E-state index is 8.90. The maximum Gasteiger partial charge on any atom is 0.191 e. The maximum absolute atomic E-state index is 8.90. The number of thioether (sulfide) groups is 1. The van der Waals surface area contributed by atoms with Gasteiger partial charge < -0.3 is 9.30 Å². The van der Waals surface area contributed by atoms with Crippen LogP contribution in [0, 0.1) is 11.3 Å². The van der Waals surface area contributed by atoms with E-state index < -0.39 is 0 Å². The Bertz CT molecular complexity index is 588. The van der Waals surface area contributed by atoms with Gasteiger partial charge in [0.15, 0.2) is 5.16 Å². The average molecular weight is 260 g/mol. The number of ether oxygens (including phenoxy) is 1. The van der Waals surface area contributed by atoms with Crippen molar-refractivity contribution in [3.63, 3.8) is 0 Å². The van der Waals surface area contributed by atoms with Crippen LogP contribution >= 0.6 is 11.8 Å². The molecule has 0 unspecified atom stereocenters. The van der Waals surface area contributed by atoms with Crippen molar-refractivity contribution in [1.82, 2.24) is 14.8 Å². The number of nitriles is 1. The van der Waals surface area contributed by atoms with Gasteiger partial charge in [-0.2, -0.15) is 5.26 Å². The quantitative estimate of drug-likeness (QED) is 0.787. The number of methoxy groups -OCH3 is 1. The van der Waals surface area contributed by atoms with Gasteiger partial charge in [0.05, 0.1) is 12.7 Å². The second kappa shape index (κ2) is 5.56. The molecule has 1 aromatic carbocycles. The molecule has 6 heteroatoms. The van der Waals surface area contributed by atoms with Gasteiger partial charge in [-0.15, -0.1) is 10.2 Å². The van der Waals surface area contributed by atoms with Gasteiger partial charge in [-0.05, 0) is 17.7 Å². The molecule has 0 amide bonds. The minimum Gasteiger partial charge on any atom is -0.495 e. The zero-order chi connectivity index (χ0) is 13.0. The minimum atomic E-state index is 0.546. The highest BCUT2D eigenvalue weighted by molar-refractivity contribution is 7.98. The van der Waals surface area contributed by atoms with Crippen molar-refractivity contribution in [3.05, 3.63) is 35.7 Å². The van der Waals surface area contributed by atoms with Crippen LogP contribution in [0.15, 0.2) is 29.7 Å². The highest BCUT2D eigenvalue weighted by atomic mass is 32.2. The molecule has 0 aliphatic carbocycles. The van der Waals surface area contributed by atoms with Crippen molar-refractivity contribution < 1.29 is 4.74 Å². The Labute approximate surface area is 109 Å². The van der Waals surface area contributed by atoms with Crippen molar-refractivity contribution >= 4 is 11.8 Å². The van der Waals surface area contributed by atoms with Gasteiger partial charge in [-0.1, -0.05) is 17.8 Å². The molecular formula is C12H12N4OS. The van der Waals surface area contributed by atoms with Gasteiger partial charge in [0, 0.05) is 12.8 Å². The van der Waals surface area contributed by atoms with Gasteiger partial charge in [0.25, 0.3) is 0 Å². The van der Waals surface area contributed by atoms with Gasteiger partial charge in [0.2, 0.25) is 0 Å². The van der Waals surface area contributed by atoms with E-state index in [1.54, 1.807) is 31.3 Å². The van der Waals surface area contributed by atoms with Crippen LogP contribution in [0.4, 0.5) is 0 Å².